The Morgan fingerprint density at radius 2 is 2.25 bits per heavy atom. The first-order valence-electron chi connectivity index (χ1n) is 5.05. The van der Waals surface area contributed by atoms with Gasteiger partial charge >= 0.3 is 0 Å². The van der Waals surface area contributed by atoms with Crippen molar-refractivity contribution in [3.63, 3.8) is 0 Å². The van der Waals surface area contributed by atoms with Gasteiger partial charge in [0.15, 0.2) is 0 Å². The summed E-state index contributed by atoms with van der Waals surface area (Å²) in [5, 5.41) is 1.55. The van der Waals surface area contributed by atoms with Gasteiger partial charge in [0, 0.05) is 17.6 Å². The summed E-state index contributed by atoms with van der Waals surface area (Å²) in [7, 11) is 0. The Labute approximate surface area is 103 Å². The number of thiazole rings is 1. The molecule has 2 aromatic rings. The van der Waals surface area contributed by atoms with E-state index in [0.29, 0.717) is 11.6 Å². The zero-order chi connectivity index (χ0) is 11.5. The van der Waals surface area contributed by atoms with Gasteiger partial charge in [-0.15, -0.1) is 11.3 Å². The van der Waals surface area contributed by atoms with Crippen LogP contribution in [0.2, 0.25) is 5.02 Å². The highest BCUT2D eigenvalue weighted by atomic mass is 35.5. The third kappa shape index (κ3) is 2.24. The molecule has 0 amide bonds. The minimum Gasteiger partial charge on any atom is -0.326 e. The molecule has 0 aromatic carbocycles. The smallest absolute Gasteiger partial charge is 0.142 e. The fraction of sp³-hybridized carbons (Fsp3) is 0.273. The van der Waals surface area contributed by atoms with Crippen LogP contribution in [0.5, 0.6) is 0 Å². The predicted molar refractivity (Wildman–Crippen MR) is 67.6 cm³/mol. The van der Waals surface area contributed by atoms with Crippen LogP contribution in [-0.2, 0) is 13.0 Å². The molecule has 0 unspecified atom stereocenters. The fourth-order valence-electron chi connectivity index (χ4n) is 1.43. The largest absolute Gasteiger partial charge is 0.326 e. The molecular formula is C11H12ClN3S. The van der Waals surface area contributed by atoms with Crippen LogP contribution in [-0.4, -0.2) is 9.97 Å². The number of aryl methyl sites for hydroxylation is 1. The van der Waals surface area contributed by atoms with E-state index < -0.39 is 0 Å². The summed E-state index contributed by atoms with van der Waals surface area (Å²) in [5.74, 6) is 0. The van der Waals surface area contributed by atoms with E-state index in [1.54, 1.807) is 17.5 Å². The molecule has 0 saturated heterocycles. The van der Waals surface area contributed by atoms with Crippen LogP contribution in [0.15, 0.2) is 18.3 Å². The van der Waals surface area contributed by atoms with Crippen molar-refractivity contribution in [3.05, 3.63) is 33.9 Å². The molecule has 5 heteroatoms. The van der Waals surface area contributed by atoms with Crippen molar-refractivity contribution in [2.24, 2.45) is 5.73 Å². The molecular weight excluding hydrogens is 242 g/mol. The number of halogens is 1. The Hall–Kier alpha value is -0.970. The second-order valence-corrected chi connectivity index (χ2v) is 4.83. The summed E-state index contributed by atoms with van der Waals surface area (Å²) < 4.78 is 0. The van der Waals surface area contributed by atoms with Gasteiger partial charge in [0.1, 0.15) is 5.01 Å². The molecule has 0 spiro atoms. The summed E-state index contributed by atoms with van der Waals surface area (Å²) in [4.78, 5) is 9.91. The lowest BCUT2D eigenvalue weighted by Crippen LogP contribution is -1.96. The molecule has 2 rings (SSSR count). The Kier molecular flexibility index (Phi) is 3.53. The maximum atomic E-state index is 5.79. The molecule has 3 nitrogen and oxygen atoms in total. The zero-order valence-electron chi connectivity index (χ0n) is 8.90. The van der Waals surface area contributed by atoms with Crippen molar-refractivity contribution in [2.45, 2.75) is 19.9 Å². The van der Waals surface area contributed by atoms with Crippen LogP contribution in [0.1, 0.15) is 17.5 Å². The zero-order valence-corrected chi connectivity index (χ0v) is 10.5. The van der Waals surface area contributed by atoms with Crippen LogP contribution >= 0.6 is 22.9 Å². The third-order valence-electron chi connectivity index (χ3n) is 2.25. The first-order chi connectivity index (χ1) is 7.74. The molecule has 84 valence electrons. The number of pyridine rings is 1. The highest BCUT2D eigenvalue weighted by molar-refractivity contribution is 7.15. The Morgan fingerprint density at radius 3 is 2.75 bits per heavy atom. The minimum absolute atomic E-state index is 0.536. The van der Waals surface area contributed by atoms with Crippen LogP contribution in [0.25, 0.3) is 10.7 Å². The van der Waals surface area contributed by atoms with Crippen molar-refractivity contribution < 1.29 is 0 Å². The lowest BCUT2D eigenvalue weighted by molar-refractivity contribution is 0.988. The second-order valence-electron chi connectivity index (χ2n) is 3.31. The SMILES string of the molecule is CCc1nc(-c2ccc(Cl)cn2)sc1CN. The molecule has 2 N–H and O–H groups in total. The van der Waals surface area contributed by atoms with Crippen molar-refractivity contribution >= 4 is 22.9 Å². The van der Waals surface area contributed by atoms with Crippen LogP contribution in [0, 0.1) is 0 Å². The van der Waals surface area contributed by atoms with Gasteiger partial charge in [-0.3, -0.25) is 4.98 Å². The highest BCUT2D eigenvalue weighted by Crippen LogP contribution is 2.27. The average molecular weight is 254 g/mol. The normalized spacial score (nSPS) is 10.7. The lowest BCUT2D eigenvalue weighted by Gasteiger charge is -1.94. The molecule has 2 heterocycles. The standard InChI is InChI=1S/C11H12ClN3S/c1-2-8-10(5-13)16-11(15-8)9-4-3-7(12)6-14-9/h3-4,6H,2,5,13H2,1H3. The molecule has 0 aliphatic rings. The van der Waals surface area contributed by atoms with E-state index in [1.807, 2.05) is 12.1 Å². The molecule has 0 radical (unpaired) electrons. The van der Waals surface area contributed by atoms with E-state index in [2.05, 4.69) is 16.9 Å². The number of hydrogen-bond acceptors (Lipinski definition) is 4. The minimum atomic E-state index is 0.536. The highest BCUT2D eigenvalue weighted by Gasteiger charge is 2.10. The number of aromatic nitrogens is 2. The monoisotopic (exact) mass is 253 g/mol. The van der Waals surface area contributed by atoms with Crippen LogP contribution in [0.4, 0.5) is 0 Å². The molecule has 0 aliphatic carbocycles. The van der Waals surface area contributed by atoms with E-state index in [4.69, 9.17) is 17.3 Å². The molecule has 0 saturated carbocycles. The van der Waals surface area contributed by atoms with Crippen molar-refractivity contribution in [1.29, 1.82) is 0 Å². The Balaban J connectivity index is 2.40. The van der Waals surface area contributed by atoms with Gasteiger partial charge in [0.2, 0.25) is 0 Å². The van der Waals surface area contributed by atoms with Crippen molar-refractivity contribution in [2.75, 3.05) is 0 Å². The number of nitrogens with zero attached hydrogens (tertiary/aromatic N) is 2. The molecule has 0 fully saturated rings. The maximum Gasteiger partial charge on any atom is 0.142 e. The van der Waals surface area contributed by atoms with E-state index in [1.165, 1.54) is 0 Å². The van der Waals surface area contributed by atoms with Gasteiger partial charge < -0.3 is 5.73 Å². The summed E-state index contributed by atoms with van der Waals surface area (Å²) >= 11 is 7.39. The second kappa shape index (κ2) is 4.91. The van der Waals surface area contributed by atoms with Gasteiger partial charge in [-0.2, -0.15) is 0 Å². The van der Waals surface area contributed by atoms with Crippen LogP contribution < -0.4 is 5.73 Å². The molecule has 16 heavy (non-hydrogen) atoms. The quantitative estimate of drug-likeness (QED) is 0.915. The Morgan fingerprint density at radius 1 is 1.44 bits per heavy atom. The average Bonchev–Trinajstić information content (AvgIpc) is 2.73. The molecule has 0 atom stereocenters. The predicted octanol–water partition coefficient (Wildman–Crippen LogP) is 2.88. The van der Waals surface area contributed by atoms with E-state index in [0.717, 1.165) is 27.7 Å². The van der Waals surface area contributed by atoms with Crippen molar-refractivity contribution in [3.8, 4) is 10.7 Å². The van der Waals surface area contributed by atoms with E-state index >= 15 is 0 Å². The maximum absolute atomic E-state index is 5.79. The summed E-state index contributed by atoms with van der Waals surface area (Å²) in [6.45, 7) is 2.61. The lowest BCUT2D eigenvalue weighted by atomic mass is 10.3. The first kappa shape index (κ1) is 11.5. The number of rotatable bonds is 3. The molecule has 2 aromatic heterocycles. The number of nitrogens with two attached hydrogens (primary N) is 1. The van der Waals surface area contributed by atoms with Gasteiger partial charge in [0.05, 0.1) is 16.4 Å². The summed E-state index contributed by atoms with van der Waals surface area (Å²) in [6, 6.07) is 3.69. The van der Waals surface area contributed by atoms with Gasteiger partial charge in [-0.05, 0) is 18.6 Å². The fourth-order valence-corrected chi connectivity index (χ4v) is 2.55. The van der Waals surface area contributed by atoms with Crippen LogP contribution in [0.3, 0.4) is 0 Å². The Bertz CT molecular complexity index is 457. The summed E-state index contributed by atoms with van der Waals surface area (Å²) in [6.07, 6.45) is 2.53. The molecule has 0 aliphatic heterocycles. The van der Waals surface area contributed by atoms with Gasteiger partial charge in [-0.25, -0.2) is 4.98 Å². The topological polar surface area (TPSA) is 51.8 Å². The van der Waals surface area contributed by atoms with E-state index in [9.17, 15) is 0 Å². The van der Waals surface area contributed by atoms with Crippen molar-refractivity contribution in [1.82, 2.24) is 9.97 Å². The van der Waals surface area contributed by atoms with Gasteiger partial charge in [0.25, 0.3) is 0 Å². The van der Waals surface area contributed by atoms with Gasteiger partial charge in [-0.1, -0.05) is 18.5 Å². The summed E-state index contributed by atoms with van der Waals surface area (Å²) in [5.41, 5.74) is 7.59. The first-order valence-corrected chi connectivity index (χ1v) is 6.24. The third-order valence-corrected chi connectivity index (χ3v) is 3.61. The van der Waals surface area contributed by atoms with E-state index in [-0.39, 0.29) is 0 Å². The molecule has 0 bridgehead atoms. The number of hydrogen-bond donors (Lipinski definition) is 1.